The molecular weight excluding hydrogens is 268 g/mol. The molecule has 0 saturated heterocycles. The molecule has 1 aromatic heterocycles. The maximum Gasteiger partial charge on any atom is 0.263 e. The molecule has 0 bridgehead atoms. The van der Waals surface area contributed by atoms with Crippen LogP contribution in [0.2, 0.25) is 0 Å². The summed E-state index contributed by atoms with van der Waals surface area (Å²) in [4.78, 5) is 17.1. The highest BCUT2D eigenvalue weighted by Crippen LogP contribution is 2.32. The number of halogens is 1. The first-order valence-corrected chi connectivity index (χ1v) is 7.75. The number of aryl methyl sites for hydroxylation is 2. The van der Waals surface area contributed by atoms with E-state index < -0.39 is 0 Å². The maximum absolute atomic E-state index is 12.1. The Balaban J connectivity index is 1.90. The van der Waals surface area contributed by atoms with Gasteiger partial charge in [0.2, 0.25) is 0 Å². The summed E-state index contributed by atoms with van der Waals surface area (Å²) < 4.78 is 0. The van der Waals surface area contributed by atoms with E-state index in [0.29, 0.717) is 17.7 Å². The number of thiazole rings is 1. The molecule has 0 radical (unpaired) electrons. The normalized spacial score (nSPS) is 23.3. The van der Waals surface area contributed by atoms with E-state index in [2.05, 4.69) is 10.3 Å². The van der Waals surface area contributed by atoms with Gasteiger partial charge in [0.1, 0.15) is 4.88 Å². The van der Waals surface area contributed by atoms with Gasteiger partial charge >= 0.3 is 0 Å². The van der Waals surface area contributed by atoms with Gasteiger partial charge in [-0.3, -0.25) is 4.79 Å². The van der Waals surface area contributed by atoms with E-state index in [0.717, 1.165) is 22.1 Å². The van der Waals surface area contributed by atoms with Crippen molar-refractivity contribution in [2.45, 2.75) is 33.1 Å². The van der Waals surface area contributed by atoms with Gasteiger partial charge in [-0.1, -0.05) is 6.42 Å². The van der Waals surface area contributed by atoms with Crippen LogP contribution in [-0.4, -0.2) is 23.3 Å². The first-order valence-electron chi connectivity index (χ1n) is 6.40. The largest absolute Gasteiger partial charge is 0.351 e. The molecule has 18 heavy (non-hydrogen) atoms. The molecule has 1 N–H and O–H groups in total. The Morgan fingerprint density at radius 3 is 2.78 bits per heavy atom. The molecule has 0 aromatic carbocycles. The lowest BCUT2D eigenvalue weighted by molar-refractivity contribution is 0.0948. The van der Waals surface area contributed by atoms with Gasteiger partial charge in [0, 0.05) is 12.4 Å². The standard InChI is InChI=1S/C13H19ClN2OS/c1-8-12(18-9(2)16-8)13(17)15-7-11-5-3-4-10(11)6-14/h10-11H,3-7H2,1-2H3,(H,15,17). The predicted molar refractivity (Wildman–Crippen MR) is 75.5 cm³/mol. The Labute approximate surface area is 117 Å². The van der Waals surface area contributed by atoms with Crippen LogP contribution in [0.3, 0.4) is 0 Å². The van der Waals surface area contributed by atoms with Crippen LogP contribution in [0.15, 0.2) is 0 Å². The zero-order chi connectivity index (χ0) is 13.1. The molecule has 1 aromatic rings. The number of alkyl halides is 1. The Hall–Kier alpha value is -0.610. The Kier molecular flexibility index (Phi) is 4.62. The summed E-state index contributed by atoms with van der Waals surface area (Å²) in [6.07, 6.45) is 3.61. The van der Waals surface area contributed by atoms with Gasteiger partial charge in [-0.25, -0.2) is 4.98 Å². The van der Waals surface area contributed by atoms with Crippen LogP contribution in [0.1, 0.15) is 39.6 Å². The van der Waals surface area contributed by atoms with Crippen LogP contribution in [-0.2, 0) is 0 Å². The van der Waals surface area contributed by atoms with E-state index in [1.165, 1.54) is 30.6 Å². The van der Waals surface area contributed by atoms with E-state index in [4.69, 9.17) is 11.6 Å². The van der Waals surface area contributed by atoms with Crippen molar-refractivity contribution < 1.29 is 4.79 Å². The molecular formula is C13H19ClN2OS. The number of carbonyl (C=O) groups excluding carboxylic acids is 1. The van der Waals surface area contributed by atoms with Crippen LogP contribution in [0.4, 0.5) is 0 Å². The number of aromatic nitrogens is 1. The van der Waals surface area contributed by atoms with Crippen LogP contribution < -0.4 is 5.32 Å². The Bertz CT molecular complexity index is 433. The van der Waals surface area contributed by atoms with Gasteiger partial charge in [0.15, 0.2) is 0 Å². The van der Waals surface area contributed by atoms with Crippen LogP contribution in [0.5, 0.6) is 0 Å². The summed E-state index contributed by atoms with van der Waals surface area (Å²) in [7, 11) is 0. The zero-order valence-electron chi connectivity index (χ0n) is 10.8. The molecule has 2 rings (SSSR count). The second-order valence-electron chi connectivity index (χ2n) is 4.96. The number of nitrogens with one attached hydrogen (secondary N) is 1. The highest BCUT2D eigenvalue weighted by atomic mass is 35.5. The van der Waals surface area contributed by atoms with Crippen LogP contribution in [0.25, 0.3) is 0 Å². The highest BCUT2D eigenvalue weighted by molar-refractivity contribution is 7.13. The average Bonchev–Trinajstić information content (AvgIpc) is 2.92. The number of hydrogen-bond acceptors (Lipinski definition) is 3. The minimum absolute atomic E-state index is 0.0123. The lowest BCUT2D eigenvalue weighted by Crippen LogP contribution is -2.31. The minimum Gasteiger partial charge on any atom is -0.351 e. The number of carbonyl (C=O) groups is 1. The molecule has 0 spiro atoms. The molecule has 1 heterocycles. The third-order valence-electron chi connectivity index (χ3n) is 3.65. The molecule has 1 amide bonds. The molecule has 1 aliphatic rings. The fraction of sp³-hybridized carbons (Fsp3) is 0.692. The summed E-state index contributed by atoms with van der Waals surface area (Å²) in [5, 5.41) is 3.97. The van der Waals surface area contributed by atoms with E-state index in [1.807, 2.05) is 13.8 Å². The van der Waals surface area contributed by atoms with Crippen molar-refractivity contribution in [2.24, 2.45) is 11.8 Å². The van der Waals surface area contributed by atoms with Crippen molar-refractivity contribution in [2.75, 3.05) is 12.4 Å². The van der Waals surface area contributed by atoms with E-state index >= 15 is 0 Å². The third-order valence-corrected chi connectivity index (χ3v) is 5.12. The lowest BCUT2D eigenvalue weighted by atomic mass is 9.98. The molecule has 2 unspecified atom stereocenters. The van der Waals surface area contributed by atoms with Gasteiger partial charge in [-0.15, -0.1) is 22.9 Å². The number of nitrogens with zero attached hydrogens (tertiary/aromatic N) is 1. The maximum atomic E-state index is 12.1. The van der Waals surface area contributed by atoms with Gasteiger partial charge in [0.05, 0.1) is 10.7 Å². The van der Waals surface area contributed by atoms with Crippen LogP contribution in [0, 0.1) is 25.7 Å². The van der Waals surface area contributed by atoms with E-state index in [9.17, 15) is 4.79 Å². The summed E-state index contributed by atoms with van der Waals surface area (Å²) in [6.45, 7) is 4.55. The SMILES string of the molecule is Cc1nc(C)c(C(=O)NCC2CCCC2CCl)s1. The summed E-state index contributed by atoms with van der Waals surface area (Å²) in [6, 6.07) is 0. The summed E-state index contributed by atoms with van der Waals surface area (Å²) in [5.41, 5.74) is 0.829. The molecule has 3 nitrogen and oxygen atoms in total. The molecule has 1 fully saturated rings. The second kappa shape index (κ2) is 6.02. The molecule has 2 atom stereocenters. The van der Waals surface area contributed by atoms with E-state index in [-0.39, 0.29) is 5.91 Å². The predicted octanol–water partition coefficient (Wildman–Crippen LogP) is 3.14. The minimum atomic E-state index is 0.0123. The van der Waals surface area contributed by atoms with Gasteiger partial charge in [-0.05, 0) is 38.5 Å². The number of rotatable bonds is 4. The fourth-order valence-corrected chi connectivity index (χ4v) is 3.87. The van der Waals surface area contributed by atoms with Gasteiger partial charge in [-0.2, -0.15) is 0 Å². The zero-order valence-corrected chi connectivity index (χ0v) is 12.4. The van der Waals surface area contributed by atoms with Crippen molar-refractivity contribution in [1.29, 1.82) is 0 Å². The topological polar surface area (TPSA) is 42.0 Å². The highest BCUT2D eigenvalue weighted by Gasteiger charge is 2.27. The van der Waals surface area contributed by atoms with E-state index in [1.54, 1.807) is 0 Å². The number of amides is 1. The van der Waals surface area contributed by atoms with Gasteiger partial charge in [0.25, 0.3) is 5.91 Å². The van der Waals surface area contributed by atoms with Crippen molar-refractivity contribution in [3.63, 3.8) is 0 Å². The molecule has 1 saturated carbocycles. The quantitative estimate of drug-likeness (QED) is 0.864. The van der Waals surface area contributed by atoms with Gasteiger partial charge < -0.3 is 5.32 Å². The van der Waals surface area contributed by atoms with Crippen molar-refractivity contribution in [1.82, 2.24) is 10.3 Å². The first kappa shape index (κ1) is 13.8. The lowest BCUT2D eigenvalue weighted by Gasteiger charge is -2.17. The van der Waals surface area contributed by atoms with Crippen molar-refractivity contribution >= 4 is 28.8 Å². The first-order chi connectivity index (χ1) is 8.61. The third kappa shape index (κ3) is 3.04. The Morgan fingerprint density at radius 1 is 1.44 bits per heavy atom. The molecule has 5 heteroatoms. The average molecular weight is 287 g/mol. The molecule has 100 valence electrons. The monoisotopic (exact) mass is 286 g/mol. The molecule has 0 aliphatic heterocycles. The smallest absolute Gasteiger partial charge is 0.263 e. The fourth-order valence-electron chi connectivity index (χ4n) is 2.63. The van der Waals surface area contributed by atoms with Crippen molar-refractivity contribution in [3.8, 4) is 0 Å². The van der Waals surface area contributed by atoms with Crippen molar-refractivity contribution in [3.05, 3.63) is 15.6 Å². The second-order valence-corrected chi connectivity index (χ2v) is 6.47. The van der Waals surface area contributed by atoms with Crippen LogP contribution >= 0.6 is 22.9 Å². The summed E-state index contributed by atoms with van der Waals surface area (Å²) >= 11 is 7.41. The summed E-state index contributed by atoms with van der Waals surface area (Å²) in [5.74, 6) is 1.83. The molecule has 1 aliphatic carbocycles. The number of hydrogen-bond donors (Lipinski definition) is 1. The Morgan fingerprint density at radius 2 is 2.17 bits per heavy atom.